The molecule has 0 radical (unpaired) electrons. The lowest BCUT2D eigenvalue weighted by Gasteiger charge is -2.25. The number of likely N-dealkylation sites (tertiary alicyclic amines) is 1. The predicted molar refractivity (Wildman–Crippen MR) is 86.1 cm³/mol. The summed E-state index contributed by atoms with van der Waals surface area (Å²) in [6.07, 6.45) is 5.18. The SMILES string of the molecule is [2H]C([2H])(C[13C](=O)c1ccc(OCCCC)cc1)N1CCCCC1. The molecular formula is C18H27NO2. The molecule has 116 valence electrons. The third kappa shape index (κ3) is 5.50. The molecule has 0 amide bonds. The molecule has 1 aromatic carbocycles. The molecule has 1 saturated heterocycles. The van der Waals surface area contributed by atoms with Crippen molar-refractivity contribution >= 4 is 5.78 Å². The second kappa shape index (κ2) is 8.83. The summed E-state index contributed by atoms with van der Waals surface area (Å²) in [4.78, 5) is 14.2. The van der Waals surface area contributed by atoms with Gasteiger partial charge in [0.2, 0.25) is 0 Å². The van der Waals surface area contributed by atoms with E-state index in [9.17, 15) is 4.79 Å². The van der Waals surface area contributed by atoms with Gasteiger partial charge in [0.15, 0.2) is 5.78 Å². The van der Waals surface area contributed by atoms with Crippen LogP contribution in [0.25, 0.3) is 0 Å². The van der Waals surface area contributed by atoms with Crippen molar-refractivity contribution < 1.29 is 12.3 Å². The zero-order valence-electron chi connectivity index (χ0n) is 14.9. The third-order valence-corrected chi connectivity index (χ3v) is 3.76. The first kappa shape index (κ1) is 13.3. The molecule has 1 aliphatic rings. The Hall–Kier alpha value is -1.35. The number of hydrogen-bond donors (Lipinski definition) is 0. The Balaban J connectivity index is 1.91. The van der Waals surface area contributed by atoms with E-state index in [4.69, 9.17) is 7.48 Å². The smallest absolute Gasteiger partial charge is 0.164 e. The molecule has 0 saturated carbocycles. The Labute approximate surface area is 131 Å². The van der Waals surface area contributed by atoms with Crippen molar-refractivity contribution in [1.29, 1.82) is 0 Å². The van der Waals surface area contributed by atoms with Crippen LogP contribution in [0.5, 0.6) is 5.75 Å². The van der Waals surface area contributed by atoms with Crippen molar-refractivity contribution in [2.75, 3.05) is 26.2 Å². The number of carbonyl (C=O) groups is 1. The van der Waals surface area contributed by atoms with Crippen molar-refractivity contribution in [1.82, 2.24) is 4.90 Å². The van der Waals surface area contributed by atoms with Gasteiger partial charge in [-0.2, -0.15) is 0 Å². The number of unbranched alkanes of at least 4 members (excludes halogenated alkanes) is 1. The number of carbonyl (C=O) groups excluding carboxylic acids is 1. The van der Waals surface area contributed by atoms with Crippen LogP contribution in [0.3, 0.4) is 0 Å². The van der Waals surface area contributed by atoms with Gasteiger partial charge in [-0.15, -0.1) is 0 Å². The van der Waals surface area contributed by atoms with E-state index in [-0.39, 0.29) is 12.2 Å². The van der Waals surface area contributed by atoms with Gasteiger partial charge in [0, 0.05) is 21.2 Å². The zero-order valence-corrected chi connectivity index (χ0v) is 12.9. The normalized spacial score (nSPS) is 18.0. The van der Waals surface area contributed by atoms with Crippen LogP contribution in [-0.2, 0) is 0 Å². The van der Waals surface area contributed by atoms with Crippen LogP contribution in [0.15, 0.2) is 24.3 Å². The quantitative estimate of drug-likeness (QED) is 0.413. The maximum Gasteiger partial charge on any atom is 0.164 e. The van der Waals surface area contributed by atoms with Crippen LogP contribution < -0.4 is 4.74 Å². The minimum absolute atomic E-state index is 0.0942. The number of piperidine rings is 1. The number of benzene rings is 1. The van der Waals surface area contributed by atoms with Crippen molar-refractivity contribution in [3.63, 3.8) is 0 Å². The summed E-state index contributed by atoms with van der Waals surface area (Å²) in [7, 11) is 0. The highest BCUT2D eigenvalue weighted by molar-refractivity contribution is 5.96. The van der Waals surface area contributed by atoms with Gasteiger partial charge in [0.25, 0.3) is 0 Å². The molecule has 3 heteroatoms. The minimum atomic E-state index is -1.56. The number of hydrogen-bond acceptors (Lipinski definition) is 3. The van der Waals surface area contributed by atoms with Crippen LogP contribution in [0.4, 0.5) is 0 Å². The highest BCUT2D eigenvalue weighted by Crippen LogP contribution is 2.15. The average Bonchev–Trinajstić information content (AvgIpc) is 2.56. The zero-order chi connectivity index (χ0) is 16.7. The van der Waals surface area contributed by atoms with Crippen LogP contribution in [0, 0.1) is 0 Å². The monoisotopic (exact) mass is 292 g/mol. The number of ketones is 1. The molecule has 0 spiro atoms. The molecule has 2 rings (SSSR count). The van der Waals surface area contributed by atoms with E-state index in [1.165, 1.54) is 0 Å². The van der Waals surface area contributed by atoms with E-state index in [0.717, 1.165) is 50.9 Å². The first-order valence-electron chi connectivity index (χ1n) is 9.04. The van der Waals surface area contributed by atoms with Gasteiger partial charge < -0.3 is 9.64 Å². The van der Waals surface area contributed by atoms with Crippen LogP contribution >= 0.6 is 0 Å². The lowest BCUT2D eigenvalue weighted by molar-refractivity contribution is 0.0958. The molecule has 0 unspecified atom stereocenters. The van der Waals surface area contributed by atoms with Crippen LogP contribution in [-0.4, -0.2) is 36.9 Å². The lowest BCUT2D eigenvalue weighted by atomic mass is 10.1. The average molecular weight is 292 g/mol. The molecule has 0 bridgehead atoms. The fourth-order valence-corrected chi connectivity index (χ4v) is 2.41. The molecule has 1 aliphatic heterocycles. The summed E-state index contributed by atoms with van der Waals surface area (Å²) in [6, 6.07) is 7.05. The molecular weight excluding hydrogens is 263 g/mol. The number of rotatable bonds is 8. The summed E-state index contributed by atoms with van der Waals surface area (Å²) in [5.41, 5.74) is 0.550. The maximum absolute atomic E-state index is 12.4. The van der Waals surface area contributed by atoms with Crippen LogP contribution in [0.2, 0.25) is 0 Å². The van der Waals surface area contributed by atoms with Gasteiger partial charge in [0.05, 0.1) is 6.61 Å². The van der Waals surface area contributed by atoms with Gasteiger partial charge in [-0.05, 0) is 56.6 Å². The van der Waals surface area contributed by atoms with E-state index < -0.39 is 6.50 Å². The van der Waals surface area contributed by atoms with Gasteiger partial charge in [-0.3, -0.25) is 4.79 Å². The Morgan fingerprint density at radius 1 is 1.24 bits per heavy atom. The standard InChI is InChI=1S/C18H27NO2/c1-2-3-15-21-17-9-7-16(8-10-17)18(20)11-14-19-12-5-4-6-13-19/h7-10H,2-6,11-15H2,1H3/i14D2,18+1. The third-order valence-electron chi connectivity index (χ3n) is 3.76. The Morgan fingerprint density at radius 2 is 1.95 bits per heavy atom. The molecule has 21 heavy (non-hydrogen) atoms. The molecule has 1 heterocycles. The maximum atomic E-state index is 12.4. The molecule has 1 fully saturated rings. The number of ether oxygens (including phenoxy) is 1. The molecule has 1 aromatic rings. The van der Waals surface area contributed by atoms with E-state index in [2.05, 4.69) is 6.92 Å². The predicted octanol–water partition coefficient (Wildman–Crippen LogP) is 3.92. The Bertz CT molecular complexity index is 496. The molecule has 0 atom stereocenters. The van der Waals surface area contributed by atoms with Gasteiger partial charge in [-0.25, -0.2) is 0 Å². The molecule has 0 aromatic heterocycles. The Kier molecular flexibility index (Phi) is 5.60. The van der Waals surface area contributed by atoms with Crippen LogP contribution in [0.1, 0.15) is 58.5 Å². The van der Waals surface area contributed by atoms with E-state index in [1.54, 1.807) is 29.2 Å². The first-order chi connectivity index (χ1) is 11.0. The Morgan fingerprint density at radius 3 is 2.62 bits per heavy atom. The first-order valence-corrected chi connectivity index (χ1v) is 8.04. The lowest BCUT2D eigenvalue weighted by Crippen LogP contribution is -2.31. The highest BCUT2D eigenvalue weighted by atomic mass is 16.5. The highest BCUT2D eigenvalue weighted by Gasteiger charge is 2.12. The van der Waals surface area contributed by atoms with Gasteiger partial charge in [-0.1, -0.05) is 19.8 Å². The summed E-state index contributed by atoms with van der Waals surface area (Å²) in [6.45, 7) is 2.71. The van der Waals surface area contributed by atoms with E-state index in [0.29, 0.717) is 12.2 Å². The molecule has 3 nitrogen and oxygen atoms in total. The second-order valence-electron chi connectivity index (χ2n) is 5.53. The summed E-state index contributed by atoms with van der Waals surface area (Å²) in [5, 5.41) is 0. The molecule has 0 N–H and O–H groups in total. The van der Waals surface area contributed by atoms with Crippen molar-refractivity contribution in [3.05, 3.63) is 29.8 Å². The number of Topliss-reactive ketones (excluding diaryl/α,β-unsaturated/α-hetero) is 1. The summed E-state index contributed by atoms with van der Waals surface area (Å²) in [5.74, 6) is 0.606. The van der Waals surface area contributed by atoms with E-state index in [1.807, 2.05) is 0 Å². The second-order valence-corrected chi connectivity index (χ2v) is 5.53. The van der Waals surface area contributed by atoms with Crippen molar-refractivity contribution in [2.24, 2.45) is 0 Å². The van der Waals surface area contributed by atoms with Crippen molar-refractivity contribution in [2.45, 2.75) is 45.4 Å². The summed E-state index contributed by atoms with van der Waals surface area (Å²) < 4.78 is 22.0. The summed E-state index contributed by atoms with van der Waals surface area (Å²) >= 11 is 0. The van der Waals surface area contributed by atoms with Crippen molar-refractivity contribution in [3.8, 4) is 5.75 Å². The number of nitrogens with zero attached hydrogens (tertiary/aromatic N) is 1. The van der Waals surface area contributed by atoms with E-state index >= 15 is 0 Å². The van der Waals surface area contributed by atoms with Gasteiger partial charge in [0.1, 0.15) is 5.75 Å². The topological polar surface area (TPSA) is 29.5 Å². The van der Waals surface area contributed by atoms with Gasteiger partial charge >= 0.3 is 0 Å². The fourth-order valence-electron chi connectivity index (χ4n) is 2.41. The largest absolute Gasteiger partial charge is 0.494 e. The molecule has 0 aliphatic carbocycles. The fraction of sp³-hybridized carbons (Fsp3) is 0.611. The minimum Gasteiger partial charge on any atom is -0.494 e.